The van der Waals surface area contributed by atoms with Crippen LogP contribution < -0.4 is 5.69 Å². The van der Waals surface area contributed by atoms with Crippen LogP contribution in [0.2, 0.25) is 0 Å². The minimum Gasteiger partial charge on any atom is -0.396 e. The lowest BCUT2D eigenvalue weighted by Crippen LogP contribution is -2.30. The quantitative estimate of drug-likeness (QED) is 0.594. The van der Waals surface area contributed by atoms with Gasteiger partial charge in [-0.1, -0.05) is 18.2 Å². The van der Waals surface area contributed by atoms with Gasteiger partial charge in [0.15, 0.2) is 0 Å². The minimum atomic E-state index is -4.37. The van der Waals surface area contributed by atoms with Crippen molar-refractivity contribution in [1.82, 2.24) is 9.55 Å². The summed E-state index contributed by atoms with van der Waals surface area (Å²) in [5.74, 6) is 0.323. The zero-order chi connectivity index (χ0) is 19.4. The van der Waals surface area contributed by atoms with E-state index in [-0.39, 0.29) is 12.3 Å². The molecule has 1 aliphatic carbocycles. The number of aromatic nitrogens is 2. The molecule has 0 atom stereocenters. The van der Waals surface area contributed by atoms with Crippen LogP contribution in [0.1, 0.15) is 41.6 Å². The lowest BCUT2D eigenvalue weighted by molar-refractivity contribution is -0.137. The van der Waals surface area contributed by atoms with Gasteiger partial charge in [0.1, 0.15) is 5.03 Å². The van der Waals surface area contributed by atoms with E-state index in [0.717, 1.165) is 49.1 Å². The van der Waals surface area contributed by atoms with E-state index < -0.39 is 11.7 Å². The van der Waals surface area contributed by atoms with Crippen LogP contribution in [-0.2, 0) is 31.3 Å². The average molecular weight is 398 g/mol. The molecular weight excluding hydrogens is 377 g/mol. The molecule has 0 spiro atoms. The molecule has 0 aliphatic heterocycles. The first-order valence-corrected chi connectivity index (χ1v) is 9.91. The number of thioether (sulfide) groups is 1. The molecule has 1 heterocycles. The summed E-state index contributed by atoms with van der Waals surface area (Å²) in [5.41, 5.74) is 1.51. The topological polar surface area (TPSA) is 55.1 Å². The largest absolute Gasteiger partial charge is 0.416 e. The lowest BCUT2D eigenvalue weighted by Gasteiger charge is -2.22. The molecule has 1 aromatic carbocycles. The van der Waals surface area contributed by atoms with Crippen molar-refractivity contribution < 1.29 is 18.3 Å². The number of hydrogen-bond acceptors (Lipinski definition) is 4. The van der Waals surface area contributed by atoms with Gasteiger partial charge in [0.05, 0.1) is 5.56 Å². The number of rotatable bonds is 6. The van der Waals surface area contributed by atoms with Crippen molar-refractivity contribution in [3.8, 4) is 0 Å². The molecule has 0 fully saturated rings. The van der Waals surface area contributed by atoms with E-state index in [1.165, 1.54) is 17.8 Å². The summed E-state index contributed by atoms with van der Waals surface area (Å²) < 4.78 is 40.3. The number of aliphatic hydroxyl groups is 1. The van der Waals surface area contributed by atoms with E-state index in [1.807, 2.05) is 0 Å². The Morgan fingerprint density at radius 1 is 1.22 bits per heavy atom. The van der Waals surface area contributed by atoms with Gasteiger partial charge in [0.2, 0.25) is 0 Å². The molecule has 8 heteroatoms. The molecule has 1 N–H and O–H groups in total. The van der Waals surface area contributed by atoms with Crippen LogP contribution in [0, 0.1) is 0 Å². The van der Waals surface area contributed by atoms with Gasteiger partial charge in [0, 0.05) is 30.2 Å². The first kappa shape index (κ1) is 19.9. The van der Waals surface area contributed by atoms with Crippen molar-refractivity contribution in [1.29, 1.82) is 0 Å². The molecule has 0 saturated carbocycles. The molecule has 0 amide bonds. The predicted molar refractivity (Wildman–Crippen MR) is 97.8 cm³/mol. The first-order valence-electron chi connectivity index (χ1n) is 8.92. The minimum absolute atomic E-state index is 0.00720. The van der Waals surface area contributed by atoms with Crippen LogP contribution in [0.5, 0.6) is 0 Å². The number of nitrogens with zero attached hydrogens (tertiary/aromatic N) is 2. The van der Waals surface area contributed by atoms with Crippen LogP contribution >= 0.6 is 11.8 Å². The maximum atomic E-state index is 12.9. The number of fused-ring (bicyclic) bond motifs is 1. The van der Waals surface area contributed by atoms with Gasteiger partial charge >= 0.3 is 11.9 Å². The van der Waals surface area contributed by atoms with E-state index >= 15 is 0 Å². The van der Waals surface area contributed by atoms with E-state index in [4.69, 9.17) is 5.11 Å². The third-order valence-electron chi connectivity index (χ3n) is 4.62. The van der Waals surface area contributed by atoms with Gasteiger partial charge in [-0.05, 0) is 43.7 Å². The van der Waals surface area contributed by atoms with Crippen LogP contribution in [0.4, 0.5) is 13.2 Å². The fraction of sp³-hybridized carbons (Fsp3) is 0.474. The van der Waals surface area contributed by atoms with Crippen LogP contribution in [-0.4, -0.2) is 21.3 Å². The average Bonchev–Trinajstić information content (AvgIpc) is 2.65. The van der Waals surface area contributed by atoms with Gasteiger partial charge in [-0.3, -0.25) is 4.57 Å². The second kappa shape index (κ2) is 8.48. The van der Waals surface area contributed by atoms with Gasteiger partial charge < -0.3 is 5.11 Å². The number of benzene rings is 1. The fourth-order valence-corrected chi connectivity index (χ4v) is 4.34. The lowest BCUT2D eigenvalue weighted by atomic mass is 9.97. The standard InChI is InChI=1S/C19H21F3N2O2S/c20-19(21,22)14-6-3-5-13(11-14)12-27-17-15-7-1-2-8-16(15)24(9-4-10-25)18(26)23-17/h3,5-6,11,25H,1-2,4,7-10,12H2. The zero-order valence-corrected chi connectivity index (χ0v) is 15.6. The Labute approximate surface area is 159 Å². The molecule has 1 aliphatic rings. The van der Waals surface area contributed by atoms with Crippen molar-refractivity contribution in [2.45, 2.75) is 55.6 Å². The first-order chi connectivity index (χ1) is 12.9. The second-order valence-corrected chi connectivity index (χ2v) is 7.51. The summed E-state index contributed by atoms with van der Waals surface area (Å²) in [7, 11) is 0. The van der Waals surface area contributed by atoms with Crippen LogP contribution in [0.3, 0.4) is 0 Å². The summed E-state index contributed by atoms with van der Waals surface area (Å²) in [6.07, 6.45) is -0.282. The van der Waals surface area contributed by atoms with Gasteiger partial charge in [0.25, 0.3) is 0 Å². The maximum Gasteiger partial charge on any atom is 0.416 e. The molecule has 27 heavy (non-hydrogen) atoms. The van der Waals surface area contributed by atoms with Gasteiger partial charge in [-0.2, -0.15) is 18.2 Å². The molecule has 146 valence electrons. The predicted octanol–water partition coefficient (Wildman–Crippen LogP) is 3.82. The molecule has 0 unspecified atom stereocenters. The highest BCUT2D eigenvalue weighted by atomic mass is 32.2. The third kappa shape index (κ3) is 4.73. The van der Waals surface area contributed by atoms with Crippen molar-refractivity contribution in [2.75, 3.05) is 6.61 Å². The fourth-order valence-electron chi connectivity index (χ4n) is 3.32. The molecule has 2 aromatic rings. The Balaban J connectivity index is 1.85. The van der Waals surface area contributed by atoms with Crippen molar-refractivity contribution in [2.24, 2.45) is 0 Å². The van der Waals surface area contributed by atoms with Crippen molar-refractivity contribution in [3.63, 3.8) is 0 Å². The monoisotopic (exact) mass is 398 g/mol. The van der Waals surface area contributed by atoms with Crippen LogP contribution in [0.25, 0.3) is 0 Å². The molecular formula is C19H21F3N2O2S. The SMILES string of the molecule is O=c1nc(SCc2cccc(C(F)(F)F)c2)c2c(n1CCCO)CCCC2. The molecule has 0 radical (unpaired) electrons. The second-order valence-electron chi connectivity index (χ2n) is 6.55. The summed E-state index contributed by atoms with van der Waals surface area (Å²) in [5, 5.41) is 9.66. The Morgan fingerprint density at radius 2 is 2.00 bits per heavy atom. The highest BCUT2D eigenvalue weighted by Crippen LogP contribution is 2.33. The number of alkyl halides is 3. The molecule has 0 bridgehead atoms. The van der Waals surface area contributed by atoms with E-state index in [1.54, 1.807) is 10.6 Å². The Kier molecular flexibility index (Phi) is 6.26. The summed E-state index contributed by atoms with van der Waals surface area (Å²) in [4.78, 5) is 16.6. The Hall–Kier alpha value is -1.80. The Bertz CT molecular complexity index is 865. The maximum absolute atomic E-state index is 12.9. The van der Waals surface area contributed by atoms with Gasteiger partial charge in [-0.15, -0.1) is 11.8 Å². The number of aliphatic hydroxyl groups excluding tert-OH is 1. The van der Waals surface area contributed by atoms with E-state index in [2.05, 4.69) is 4.98 Å². The van der Waals surface area contributed by atoms with Crippen molar-refractivity contribution >= 4 is 11.8 Å². The number of halogens is 3. The van der Waals surface area contributed by atoms with Crippen molar-refractivity contribution in [3.05, 3.63) is 57.1 Å². The Morgan fingerprint density at radius 3 is 2.74 bits per heavy atom. The molecule has 4 nitrogen and oxygen atoms in total. The third-order valence-corrected chi connectivity index (χ3v) is 5.71. The highest BCUT2D eigenvalue weighted by Gasteiger charge is 2.30. The number of hydrogen-bond donors (Lipinski definition) is 1. The van der Waals surface area contributed by atoms with E-state index in [9.17, 15) is 18.0 Å². The van der Waals surface area contributed by atoms with E-state index in [0.29, 0.717) is 29.3 Å². The highest BCUT2D eigenvalue weighted by molar-refractivity contribution is 7.98. The normalized spacial score (nSPS) is 14.2. The smallest absolute Gasteiger partial charge is 0.396 e. The zero-order valence-electron chi connectivity index (χ0n) is 14.8. The van der Waals surface area contributed by atoms with Gasteiger partial charge in [-0.25, -0.2) is 4.79 Å². The molecule has 0 saturated heterocycles. The molecule has 1 aromatic heterocycles. The molecule has 3 rings (SSSR count). The summed E-state index contributed by atoms with van der Waals surface area (Å²) in [6.45, 7) is 0.441. The van der Waals surface area contributed by atoms with Crippen LogP contribution in [0.15, 0.2) is 34.1 Å². The summed E-state index contributed by atoms with van der Waals surface area (Å²) >= 11 is 1.31. The summed E-state index contributed by atoms with van der Waals surface area (Å²) in [6, 6.07) is 5.24.